The molecule has 5 aromatic carbocycles. The second-order valence-electron chi connectivity index (χ2n) is 10.6. The van der Waals surface area contributed by atoms with Crippen molar-refractivity contribution in [1.29, 1.82) is 0 Å². The van der Waals surface area contributed by atoms with Crippen LogP contribution in [0.5, 0.6) is 11.5 Å². The van der Waals surface area contributed by atoms with Crippen molar-refractivity contribution in [2.24, 2.45) is 0 Å². The van der Waals surface area contributed by atoms with Crippen molar-refractivity contribution >= 4 is 55.7 Å². The predicted octanol–water partition coefficient (Wildman–Crippen LogP) is 9.72. The molecule has 0 radical (unpaired) electrons. The van der Waals surface area contributed by atoms with E-state index in [1.165, 1.54) is 0 Å². The van der Waals surface area contributed by atoms with E-state index >= 15 is 0 Å². The van der Waals surface area contributed by atoms with Gasteiger partial charge in [0.15, 0.2) is 0 Å². The van der Waals surface area contributed by atoms with Crippen LogP contribution in [0.1, 0.15) is 0 Å². The van der Waals surface area contributed by atoms with Crippen LogP contribution in [0.3, 0.4) is 0 Å². The minimum atomic E-state index is 0. The van der Waals surface area contributed by atoms with Crippen LogP contribution in [0.25, 0.3) is 38.8 Å². The van der Waals surface area contributed by atoms with Gasteiger partial charge in [-0.05, 0) is 48.5 Å². The number of aromatic nitrogens is 2. The van der Waals surface area contributed by atoms with Crippen molar-refractivity contribution in [2.45, 2.75) is 0 Å². The minimum Gasteiger partial charge on any atom is -0.509 e. The standard InChI is InChI=1S/C38H23N4O2.Pt/c1-2-11-26(12-3-1)40-25-41(33-17-6-5-16-32(33)40)27-13-10-14-28(23-27)43-29-20-21-30-34(24-29)42(36-19-8-9-22-39-36)37-31-15-4-7-18-35(31)44-38(30)37;/h1-22,25H;/q-3;. The number of fused-ring (bicyclic) bond motifs is 6. The molecule has 0 spiro atoms. The van der Waals surface area contributed by atoms with E-state index < -0.39 is 0 Å². The average Bonchev–Trinajstić information content (AvgIpc) is 3.75. The fraction of sp³-hybridized carbons (Fsp3) is 0. The Balaban J connectivity index is 0.00000300. The third kappa shape index (κ3) is 4.49. The molecule has 9 rings (SSSR count). The van der Waals surface area contributed by atoms with Gasteiger partial charge in [-0.15, -0.1) is 42.7 Å². The molecule has 1 aliphatic rings. The number of ether oxygens (including phenoxy) is 1. The summed E-state index contributed by atoms with van der Waals surface area (Å²) in [4.78, 5) is 8.98. The maximum atomic E-state index is 6.41. The van der Waals surface area contributed by atoms with Crippen molar-refractivity contribution in [3.8, 4) is 17.3 Å². The van der Waals surface area contributed by atoms with Crippen molar-refractivity contribution in [1.82, 2.24) is 9.55 Å². The molecule has 45 heavy (non-hydrogen) atoms. The van der Waals surface area contributed by atoms with Crippen LogP contribution in [-0.4, -0.2) is 9.55 Å². The number of para-hydroxylation sites is 4. The van der Waals surface area contributed by atoms with E-state index in [9.17, 15) is 0 Å². The Hall–Kier alpha value is -5.32. The van der Waals surface area contributed by atoms with E-state index in [0.717, 1.165) is 61.5 Å². The topological polar surface area (TPSA) is 46.7 Å². The zero-order valence-corrected chi connectivity index (χ0v) is 26.0. The largest absolute Gasteiger partial charge is 0.509 e. The molecular formula is C38H23N4O2Pt-3. The van der Waals surface area contributed by atoms with Gasteiger partial charge in [0, 0.05) is 61.2 Å². The van der Waals surface area contributed by atoms with Crippen LogP contribution in [-0.2, 0) is 21.1 Å². The number of nitrogens with zero attached hydrogens (tertiary/aromatic N) is 4. The van der Waals surface area contributed by atoms with Crippen LogP contribution in [0, 0.1) is 18.8 Å². The third-order valence-corrected chi connectivity index (χ3v) is 7.94. The Morgan fingerprint density at radius 1 is 0.644 bits per heavy atom. The van der Waals surface area contributed by atoms with E-state index in [1.54, 1.807) is 6.20 Å². The molecule has 0 aliphatic carbocycles. The van der Waals surface area contributed by atoms with Crippen LogP contribution in [0.15, 0.2) is 138 Å². The number of hydrogen-bond donors (Lipinski definition) is 0. The van der Waals surface area contributed by atoms with Gasteiger partial charge < -0.3 is 23.5 Å². The van der Waals surface area contributed by atoms with Crippen molar-refractivity contribution in [3.05, 3.63) is 152 Å². The Bertz CT molecular complexity index is 2310. The number of furan rings is 1. The van der Waals surface area contributed by atoms with E-state index in [-0.39, 0.29) is 21.1 Å². The zero-order valence-electron chi connectivity index (χ0n) is 23.7. The normalized spacial score (nSPS) is 12.5. The van der Waals surface area contributed by atoms with Gasteiger partial charge in [-0.1, -0.05) is 59.4 Å². The van der Waals surface area contributed by atoms with Crippen LogP contribution in [0.2, 0.25) is 0 Å². The summed E-state index contributed by atoms with van der Waals surface area (Å²) in [6.07, 6.45) is 1.79. The van der Waals surface area contributed by atoms with Gasteiger partial charge >= 0.3 is 0 Å². The van der Waals surface area contributed by atoms with Gasteiger partial charge in [0.2, 0.25) is 0 Å². The second kappa shape index (κ2) is 11.0. The molecule has 0 atom stereocenters. The first-order valence-corrected chi connectivity index (χ1v) is 14.4. The summed E-state index contributed by atoms with van der Waals surface area (Å²) in [6, 6.07) is 49.5. The van der Waals surface area contributed by atoms with E-state index in [4.69, 9.17) is 9.15 Å². The zero-order chi connectivity index (χ0) is 29.0. The SMILES string of the molecule is [Pt].[c-]1c(Oc2[c-]c3c(cc2)c2oc4ccccc4c2n3-c2ccccn2)cccc1N1[CH-]N(c2ccccc2)c2ccccc21. The van der Waals surface area contributed by atoms with Gasteiger partial charge in [0.05, 0.1) is 5.52 Å². The van der Waals surface area contributed by atoms with E-state index in [1.807, 2.05) is 84.9 Å². The smallest absolute Gasteiger partial charge is 0.135 e. The molecule has 0 bridgehead atoms. The first-order chi connectivity index (χ1) is 21.8. The van der Waals surface area contributed by atoms with Crippen LogP contribution in [0.4, 0.5) is 22.7 Å². The molecule has 7 heteroatoms. The van der Waals surface area contributed by atoms with Crippen LogP contribution >= 0.6 is 0 Å². The number of benzene rings is 5. The minimum absolute atomic E-state index is 0. The van der Waals surface area contributed by atoms with Crippen molar-refractivity contribution < 1.29 is 30.2 Å². The molecule has 3 aromatic heterocycles. The molecule has 220 valence electrons. The predicted molar refractivity (Wildman–Crippen MR) is 174 cm³/mol. The molecule has 8 aromatic rings. The summed E-state index contributed by atoms with van der Waals surface area (Å²) in [5.41, 5.74) is 7.56. The molecular weight excluding hydrogens is 740 g/mol. The average molecular weight is 763 g/mol. The van der Waals surface area contributed by atoms with Crippen molar-refractivity contribution in [2.75, 3.05) is 9.80 Å². The molecule has 0 N–H and O–H groups in total. The molecule has 0 amide bonds. The maximum Gasteiger partial charge on any atom is 0.135 e. The quantitative estimate of drug-likeness (QED) is 0.164. The summed E-state index contributed by atoms with van der Waals surface area (Å²) < 4.78 is 14.8. The number of anilines is 4. The Morgan fingerprint density at radius 3 is 2.24 bits per heavy atom. The molecule has 6 nitrogen and oxygen atoms in total. The first-order valence-electron chi connectivity index (χ1n) is 14.4. The van der Waals surface area contributed by atoms with E-state index in [0.29, 0.717) is 11.5 Å². The van der Waals surface area contributed by atoms with Gasteiger partial charge in [-0.25, -0.2) is 4.98 Å². The summed E-state index contributed by atoms with van der Waals surface area (Å²) in [5.74, 6) is 1.95. The molecule has 0 saturated heterocycles. The maximum absolute atomic E-state index is 6.41. The number of pyridine rings is 1. The summed E-state index contributed by atoms with van der Waals surface area (Å²) >= 11 is 0. The van der Waals surface area contributed by atoms with Crippen molar-refractivity contribution in [3.63, 3.8) is 0 Å². The van der Waals surface area contributed by atoms with Gasteiger partial charge in [0.1, 0.15) is 17.0 Å². The Morgan fingerprint density at radius 2 is 1.40 bits per heavy atom. The molecule has 0 fully saturated rings. The molecule has 4 heterocycles. The fourth-order valence-electron chi connectivity index (χ4n) is 6.00. The molecule has 0 saturated carbocycles. The summed E-state index contributed by atoms with van der Waals surface area (Å²) in [7, 11) is 0. The summed E-state index contributed by atoms with van der Waals surface area (Å²) in [6.45, 7) is 2.09. The molecule has 1 aliphatic heterocycles. The van der Waals surface area contributed by atoms with Gasteiger partial charge in [-0.2, -0.15) is 12.1 Å². The summed E-state index contributed by atoms with van der Waals surface area (Å²) in [5, 5.41) is 1.96. The second-order valence-corrected chi connectivity index (χ2v) is 10.6. The third-order valence-electron chi connectivity index (χ3n) is 7.94. The number of hydrogen-bond acceptors (Lipinski definition) is 5. The fourth-order valence-corrected chi connectivity index (χ4v) is 6.00. The van der Waals surface area contributed by atoms with Gasteiger partial charge in [-0.3, -0.25) is 0 Å². The van der Waals surface area contributed by atoms with E-state index in [2.05, 4.69) is 80.6 Å². The molecule has 0 unspecified atom stereocenters. The monoisotopic (exact) mass is 762 g/mol. The van der Waals surface area contributed by atoms with Crippen LogP contribution < -0.4 is 14.5 Å². The number of rotatable bonds is 5. The Labute approximate surface area is 274 Å². The van der Waals surface area contributed by atoms with Gasteiger partial charge in [0.25, 0.3) is 0 Å². The Kier molecular flexibility index (Phi) is 6.65. The first kappa shape index (κ1) is 27.2.